The minimum atomic E-state index is 0. The van der Waals surface area contributed by atoms with Crippen LogP contribution < -0.4 is 24.8 Å². The Kier molecular flexibility index (Phi) is 10.3. The Labute approximate surface area is 163 Å². The summed E-state index contributed by atoms with van der Waals surface area (Å²) in [7, 11) is 0. The number of rotatable bonds is 1. The average molecular weight is 408 g/mol. The van der Waals surface area contributed by atoms with Gasteiger partial charge in [0.15, 0.2) is 0 Å². The van der Waals surface area contributed by atoms with Crippen LogP contribution in [0.4, 0.5) is 0 Å². The van der Waals surface area contributed by atoms with Crippen molar-refractivity contribution in [1.82, 2.24) is 9.55 Å². The zero-order valence-corrected chi connectivity index (χ0v) is 15.8. The Balaban J connectivity index is 0.000000482. The number of allylic oxidation sites excluding steroid dienone is 5. The molecule has 110 valence electrons. The number of hydrogen-bond acceptors (Lipinski definition) is 1. The molecule has 1 heterocycles. The van der Waals surface area contributed by atoms with Gasteiger partial charge >= 0.3 is 26.2 Å². The first kappa shape index (κ1) is 21.1. The van der Waals surface area contributed by atoms with E-state index in [1.165, 1.54) is 11.1 Å². The first-order valence-corrected chi connectivity index (χ1v) is 6.32. The van der Waals surface area contributed by atoms with Gasteiger partial charge in [-0.1, -0.05) is 18.2 Å². The summed E-state index contributed by atoms with van der Waals surface area (Å²) < 4.78 is 2.06. The largest absolute Gasteiger partial charge is 4.00 e. The van der Waals surface area contributed by atoms with Crippen LogP contribution in [-0.2, 0) is 26.2 Å². The molecule has 1 unspecified atom stereocenters. The van der Waals surface area contributed by atoms with Crippen LogP contribution in [-0.4, -0.2) is 9.55 Å². The maximum absolute atomic E-state index is 4.05. The normalized spacial score (nSPS) is 15.7. The quantitative estimate of drug-likeness (QED) is 0.482. The van der Waals surface area contributed by atoms with E-state index in [-0.39, 0.29) is 57.1 Å². The summed E-state index contributed by atoms with van der Waals surface area (Å²) in [5.41, 5.74) is 2.55. The van der Waals surface area contributed by atoms with Gasteiger partial charge in [-0.05, 0) is 6.04 Å². The molecule has 0 N–H and O–H groups in total. The third kappa shape index (κ3) is 5.09. The molecule has 0 saturated carbocycles. The van der Waals surface area contributed by atoms with Gasteiger partial charge < -0.3 is 29.4 Å². The molecule has 2 aliphatic rings. The van der Waals surface area contributed by atoms with Gasteiger partial charge in [-0.25, -0.2) is 29.3 Å². The second-order valence-corrected chi connectivity index (χ2v) is 4.36. The zero-order chi connectivity index (χ0) is 12.9. The minimum absolute atomic E-state index is 0. The van der Waals surface area contributed by atoms with E-state index >= 15 is 0 Å². The minimum Gasteiger partial charge on any atom is -1.00 e. The predicted molar refractivity (Wildman–Crippen MR) is 76.1 cm³/mol. The van der Waals surface area contributed by atoms with Gasteiger partial charge in [-0.2, -0.15) is 11.6 Å². The molecule has 1 atom stereocenters. The SMILES string of the molecule is [C-]1=CC=CC1.[C-]1=Cc2ccccc2C1n1ccnc1.[Cl-].[Cl-].[Zr+4]. The van der Waals surface area contributed by atoms with Crippen LogP contribution in [0.1, 0.15) is 23.6 Å². The van der Waals surface area contributed by atoms with Gasteiger partial charge in [0, 0.05) is 12.4 Å². The van der Waals surface area contributed by atoms with Gasteiger partial charge in [0.25, 0.3) is 0 Å². The second-order valence-electron chi connectivity index (χ2n) is 4.36. The number of nitrogens with zero attached hydrogens (tertiary/aromatic N) is 2. The summed E-state index contributed by atoms with van der Waals surface area (Å²) in [6, 6.07) is 8.56. The van der Waals surface area contributed by atoms with Crippen molar-refractivity contribution < 1.29 is 51.0 Å². The van der Waals surface area contributed by atoms with Gasteiger partial charge in [0.05, 0.1) is 6.33 Å². The Hall–Kier alpha value is -0.887. The molecule has 0 aliphatic heterocycles. The fourth-order valence-corrected chi connectivity index (χ4v) is 2.16. The molecule has 0 fully saturated rings. The monoisotopic (exact) mass is 406 g/mol. The van der Waals surface area contributed by atoms with Crippen LogP contribution in [0.25, 0.3) is 6.08 Å². The molecule has 1 aromatic heterocycles. The maximum Gasteiger partial charge on any atom is 4.00 e. The number of hydrogen-bond donors (Lipinski definition) is 0. The van der Waals surface area contributed by atoms with Crippen LogP contribution in [0, 0.1) is 12.2 Å². The van der Waals surface area contributed by atoms with Crippen molar-refractivity contribution in [3.63, 3.8) is 0 Å². The van der Waals surface area contributed by atoms with E-state index in [2.05, 4.69) is 46.0 Å². The molecule has 2 nitrogen and oxygen atoms in total. The van der Waals surface area contributed by atoms with E-state index in [9.17, 15) is 0 Å². The number of fused-ring (bicyclic) bond motifs is 1. The van der Waals surface area contributed by atoms with Gasteiger partial charge in [-0.3, -0.25) is 6.08 Å². The fraction of sp³-hybridized carbons (Fsp3) is 0.118. The summed E-state index contributed by atoms with van der Waals surface area (Å²) >= 11 is 0. The topological polar surface area (TPSA) is 17.8 Å². The fourth-order valence-electron chi connectivity index (χ4n) is 2.16. The van der Waals surface area contributed by atoms with Crippen molar-refractivity contribution in [2.24, 2.45) is 0 Å². The predicted octanol–water partition coefficient (Wildman–Crippen LogP) is -2.39. The Morgan fingerprint density at radius 3 is 2.59 bits per heavy atom. The van der Waals surface area contributed by atoms with E-state index in [0.717, 1.165) is 6.42 Å². The molecular weight excluding hydrogens is 394 g/mol. The number of halogens is 2. The molecule has 5 heteroatoms. The Morgan fingerprint density at radius 2 is 2.00 bits per heavy atom. The molecule has 0 amide bonds. The maximum atomic E-state index is 4.05. The smallest absolute Gasteiger partial charge is 1.00 e. The molecule has 1 aromatic carbocycles. The molecule has 4 rings (SSSR count). The molecule has 0 radical (unpaired) electrons. The Bertz CT molecular complexity index is 624. The molecule has 22 heavy (non-hydrogen) atoms. The van der Waals surface area contributed by atoms with Crippen molar-refractivity contribution in [2.45, 2.75) is 12.5 Å². The van der Waals surface area contributed by atoms with Crippen LogP contribution in [0.3, 0.4) is 0 Å². The summed E-state index contributed by atoms with van der Waals surface area (Å²) in [5.74, 6) is 0. The van der Waals surface area contributed by atoms with Crippen molar-refractivity contribution in [3.05, 3.63) is 84.5 Å². The second kappa shape index (κ2) is 10.8. The van der Waals surface area contributed by atoms with Crippen molar-refractivity contribution in [1.29, 1.82) is 0 Å². The molecular formula is C17H14Cl2N2Zr. The Morgan fingerprint density at radius 1 is 1.18 bits per heavy atom. The summed E-state index contributed by atoms with van der Waals surface area (Å²) in [6.07, 6.45) is 21.0. The van der Waals surface area contributed by atoms with Crippen molar-refractivity contribution in [3.8, 4) is 0 Å². The molecule has 0 spiro atoms. The van der Waals surface area contributed by atoms with E-state index in [0.29, 0.717) is 0 Å². The first-order valence-electron chi connectivity index (χ1n) is 6.32. The third-order valence-electron chi connectivity index (χ3n) is 3.10. The van der Waals surface area contributed by atoms with E-state index in [1.807, 2.05) is 36.8 Å². The third-order valence-corrected chi connectivity index (χ3v) is 3.10. The van der Waals surface area contributed by atoms with Crippen LogP contribution >= 0.6 is 0 Å². The van der Waals surface area contributed by atoms with Gasteiger partial charge in [0.1, 0.15) is 0 Å². The summed E-state index contributed by atoms with van der Waals surface area (Å²) in [6.45, 7) is 0. The molecule has 0 saturated heterocycles. The van der Waals surface area contributed by atoms with Crippen LogP contribution in [0.2, 0.25) is 0 Å². The number of imidazole rings is 1. The van der Waals surface area contributed by atoms with Crippen LogP contribution in [0.15, 0.2) is 61.2 Å². The average Bonchev–Trinajstić information content (AvgIpc) is 3.21. The van der Waals surface area contributed by atoms with Gasteiger partial charge in [-0.15, -0.1) is 18.1 Å². The van der Waals surface area contributed by atoms with Gasteiger partial charge in [0.2, 0.25) is 0 Å². The molecule has 2 aliphatic carbocycles. The zero-order valence-electron chi connectivity index (χ0n) is 11.8. The molecule has 2 aromatic rings. The standard InChI is InChI=1S/C12H9N2.C5H5.2ClH.Zr/c1-2-4-11-10(3-1)5-6-12(11)14-8-7-13-9-14;1-2-4-5-3-1;;;/h1-5,7-9,12H;1-3H,4H2;2*1H;/q2*-1;;;+4/p-2. The summed E-state index contributed by atoms with van der Waals surface area (Å²) in [5, 5.41) is 0. The number of aromatic nitrogens is 2. The molecule has 0 bridgehead atoms. The van der Waals surface area contributed by atoms with Crippen molar-refractivity contribution in [2.75, 3.05) is 0 Å². The number of benzene rings is 1. The van der Waals surface area contributed by atoms with E-state index in [1.54, 1.807) is 6.20 Å². The van der Waals surface area contributed by atoms with Crippen molar-refractivity contribution >= 4 is 6.08 Å². The van der Waals surface area contributed by atoms with E-state index < -0.39 is 0 Å². The first-order chi connectivity index (χ1) is 9.45. The van der Waals surface area contributed by atoms with Crippen LogP contribution in [0.5, 0.6) is 0 Å². The van der Waals surface area contributed by atoms with E-state index in [4.69, 9.17) is 0 Å². The summed E-state index contributed by atoms with van der Waals surface area (Å²) in [4.78, 5) is 4.05.